The Bertz CT molecular complexity index is 884. The molecule has 2 unspecified atom stereocenters. The van der Waals surface area contributed by atoms with Gasteiger partial charge in [-0.05, 0) is 21.5 Å². The second-order valence-electron chi connectivity index (χ2n) is 7.40. The molecule has 1 spiro atoms. The number of halogens is 1. The van der Waals surface area contributed by atoms with Crippen LogP contribution in [0.2, 0.25) is 0 Å². The maximum absolute atomic E-state index is 13.1. The lowest BCUT2D eigenvalue weighted by atomic mass is 9.89. The van der Waals surface area contributed by atoms with Crippen molar-refractivity contribution < 1.29 is 23.8 Å². The molecule has 1 aromatic carbocycles. The van der Waals surface area contributed by atoms with Crippen molar-refractivity contribution in [1.29, 1.82) is 0 Å². The van der Waals surface area contributed by atoms with Gasteiger partial charge in [-0.15, -0.1) is 0 Å². The molecule has 2 atom stereocenters. The van der Waals surface area contributed by atoms with Crippen LogP contribution in [0, 0.1) is 0 Å². The molecule has 1 fully saturated rings. The third-order valence-electron chi connectivity index (χ3n) is 5.70. The summed E-state index contributed by atoms with van der Waals surface area (Å²) < 4.78 is 17.1. The van der Waals surface area contributed by atoms with E-state index in [4.69, 9.17) is 14.2 Å². The van der Waals surface area contributed by atoms with E-state index in [1.165, 1.54) is 0 Å². The Morgan fingerprint density at radius 1 is 1.24 bits per heavy atom. The number of benzene rings is 1. The number of ketones is 1. The van der Waals surface area contributed by atoms with Crippen molar-refractivity contribution in [2.45, 2.75) is 24.7 Å². The van der Waals surface area contributed by atoms with E-state index in [9.17, 15) is 9.59 Å². The van der Waals surface area contributed by atoms with Crippen molar-refractivity contribution in [3.05, 3.63) is 58.0 Å². The summed E-state index contributed by atoms with van der Waals surface area (Å²) in [5.41, 5.74) is 1.60. The van der Waals surface area contributed by atoms with E-state index in [0.717, 1.165) is 5.56 Å². The van der Waals surface area contributed by atoms with E-state index in [1.807, 2.05) is 53.4 Å². The molecule has 8 heteroatoms. The van der Waals surface area contributed by atoms with Crippen LogP contribution in [0.3, 0.4) is 0 Å². The van der Waals surface area contributed by atoms with Crippen molar-refractivity contribution in [2.24, 2.45) is 0 Å². The molecule has 0 radical (unpaired) electrons. The number of fused-ring (bicyclic) bond motifs is 1. The largest absolute Gasteiger partial charge is 0.464 e. The van der Waals surface area contributed by atoms with Gasteiger partial charge in [-0.3, -0.25) is 4.79 Å². The molecule has 0 amide bonds. The predicted octanol–water partition coefficient (Wildman–Crippen LogP) is 2.18. The predicted molar refractivity (Wildman–Crippen MR) is 109 cm³/mol. The number of methoxy groups -OCH3 is 1. The van der Waals surface area contributed by atoms with Crippen LogP contribution in [0.5, 0.6) is 0 Å². The first-order valence-electron chi connectivity index (χ1n) is 9.44. The van der Waals surface area contributed by atoms with E-state index in [-0.39, 0.29) is 18.4 Å². The van der Waals surface area contributed by atoms with Gasteiger partial charge in [-0.2, -0.15) is 0 Å². The third-order valence-corrected chi connectivity index (χ3v) is 6.55. The van der Waals surface area contributed by atoms with Gasteiger partial charge in [-0.1, -0.05) is 30.3 Å². The molecule has 3 heterocycles. The summed E-state index contributed by atoms with van der Waals surface area (Å²) in [6.07, 6.45) is 1.64. The SMILES string of the molecule is COCC1=C(Br)C(=O)C(OCc2ccccc2)C2=CN(C)C3(CCOC3=O)CN21. The fourth-order valence-corrected chi connectivity index (χ4v) is 4.57. The zero-order valence-corrected chi connectivity index (χ0v) is 18.0. The van der Waals surface area contributed by atoms with Crippen LogP contribution in [-0.2, 0) is 30.4 Å². The Balaban J connectivity index is 1.71. The van der Waals surface area contributed by atoms with Gasteiger partial charge in [0.25, 0.3) is 0 Å². The fourth-order valence-electron chi connectivity index (χ4n) is 4.03. The summed E-state index contributed by atoms with van der Waals surface area (Å²) in [5.74, 6) is -0.407. The van der Waals surface area contributed by atoms with Gasteiger partial charge < -0.3 is 24.0 Å². The summed E-state index contributed by atoms with van der Waals surface area (Å²) in [6.45, 7) is 1.31. The molecule has 3 aliphatic heterocycles. The Morgan fingerprint density at radius 2 is 2.00 bits per heavy atom. The number of esters is 1. The number of likely N-dealkylation sites (N-methyl/N-ethyl adjacent to an activating group) is 1. The number of carbonyl (C=O) groups excluding carboxylic acids is 2. The number of hydrogen-bond donors (Lipinski definition) is 0. The highest BCUT2D eigenvalue weighted by Gasteiger charge is 2.54. The van der Waals surface area contributed by atoms with Crippen molar-refractivity contribution in [2.75, 3.05) is 33.9 Å². The van der Waals surface area contributed by atoms with Crippen LogP contribution in [0.25, 0.3) is 0 Å². The first kappa shape index (κ1) is 20.1. The van der Waals surface area contributed by atoms with Gasteiger partial charge in [0.1, 0.15) is 0 Å². The lowest BCUT2D eigenvalue weighted by Crippen LogP contribution is -2.61. The molecule has 29 heavy (non-hydrogen) atoms. The third kappa shape index (κ3) is 3.39. The second-order valence-corrected chi connectivity index (χ2v) is 8.20. The number of rotatable bonds is 5. The first-order valence-corrected chi connectivity index (χ1v) is 10.2. The van der Waals surface area contributed by atoms with Gasteiger partial charge in [0, 0.05) is 26.8 Å². The standard InChI is InChI=1S/C21H23BrN2O5/c1-23-10-15-19(29-11-14-6-4-3-5-7-14)18(25)17(22)16(12-27-2)24(15)13-21(23)8-9-28-20(21)26/h3-7,10,19H,8-9,11-13H2,1-2H3. The molecule has 0 aliphatic carbocycles. The van der Waals surface area contributed by atoms with Crippen LogP contribution in [0.15, 0.2) is 52.4 Å². The molecule has 0 bridgehead atoms. The number of carbonyl (C=O) groups is 2. The maximum Gasteiger partial charge on any atom is 0.333 e. The van der Waals surface area contributed by atoms with Gasteiger partial charge in [0.15, 0.2) is 11.6 Å². The summed E-state index contributed by atoms with van der Waals surface area (Å²) in [4.78, 5) is 29.5. The van der Waals surface area contributed by atoms with E-state index in [2.05, 4.69) is 15.9 Å². The molecule has 4 rings (SSSR count). The minimum Gasteiger partial charge on any atom is -0.464 e. The quantitative estimate of drug-likeness (QED) is 0.621. The average molecular weight is 463 g/mol. The van der Waals surface area contributed by atoms with E-state index < -0.39 is 11.6 Å². The molecule has 1 aromatic rings. The lowest BCUT2D eigenvalue weighted by Gasteiger charge is -2.48. The van der Waals surface area contributed by atoms with Gasteiger partial charge in [0.05, 0.1) is 42.2 Å². The Labute approximate surface area is 178 Å². The molecule has 0 N–H and O–H groups in total. The highest BCUT2D eigenvalue weighted by atomic mass is 79.9. The summed E-state index contributed by atoms with van der Waals surface area (Å²) in [5, 5.41) is 0. The zero-order chi connectivity index (χ0) is 20.6. The summed E-state index contributed by atoms with van der Waals surface area (Å²) >= 11 is 3.45. The van der Waals surface area contributed by atoms with Crippen LogP contribution < -0.4 is 0 Å². The fraction of sp³-hybridized carbons (Fsp3) is 0.429. The molecule has 0 aromatic heterocycles. The summed E-state index contributed by atoms with van der Waals surface area (Å²) in [7, 11) is 3.42. The van der Waals surface area contributed by atoms with E-state index >= 15 is 0 Å². The molecule has 3 aliphatic rings. The zero-order valence-electron chi connectivity index (χ0n) is 16.4. The normalized spacial score (nSPS) is 26.7. The molecular formula is C21H23BrN2O5. The smallest absolute Gasteiger partial charge is 0.333 e. The van der Waals surface area contributed by atoms with Gasteiger partial charge in [-0.25, -0.2) is 4.79 Å². The van der Waals surface area contributed by atoms with Crippen molar-refractivity contribution in [3.8, 4) is 0 Å². The maximum atomic E-state index is 13.1. The highest BCUT2D eigenvalue weighted by molar-refractivity contribution is 9.12. The molecule has 7 nitrogen and oxygen atoms in total. The van der Waals surface area contributed by atoms with Crippen LogP contribution >= 0.6 is 15.9 Å². The topological polar surface area (TPSA) is 68.3 Å². The first-order chi connectivity index (χ1) is 14.0. The molecular weight excluding hydrogens is 440 g/mol. The number of Topliss-reactive ketones (excluding diaryl/α,β-unsaturated/α-hetero) is 1. The Morgan fingerprint density at radius 3 is 2.66 bits per heavy atom. The second kappa shape index (κ2) is 7.93. The number of hydrogen-bond acceptors (Lipinski definition) is 7. The van der Waals surface area contributed by atoms with Crippen LogP contribution in [0.4, 0.5) is 0 Å². The number of nitrogens with zero attached hydrogens (tertiary/aromatic N) is 2. The Kier molecular flexibility index (Phi) is 5.50. The van der Waals surface area contributed by atoms with Crippen LogP contribution in [0.1, 0.15) is 12.0 Å². The highest BCUT2D eigenvalue weighted by Crippen LogP contribution is 2.41. The number of cyclic esters (lactones) is 1. The van der Waals surface area contributed by atoms with E-state index in [1.54, 1.807) is 7.11 Å². The van der Waals surface area contributed by atoms with Crippen LogP contribution in [-0.4, -0.2) is 67.1 Å². The van der Waals surface area contributed by atoms with Crippen molar-refractivity contribution in [3.63, 3.8) is 0 Å². The Hall–Kier alpha value is -2.16. The van der Waals surface area contributed by atoms with Gasteiger partial charge in [0.2, 0.25) is 5.78 Å². The molecule has 0 saturated carbocycles. The van der Waals surface area contributed by atoms with Gasteiger partial charge >= 0.3 is 5.97 Å². The lowest BCUT2D eigenvalue weighted by molar-refractivity contribution is -0.148. The summed E-state index contributed by atoms with van der Waals surface area (Å²) in [6, 6.07) is 9.72. The average Bonchev–Trinajstić information content (AvgIpc) is 3.09. The number of ether oxygens (including phenoxy) is 3. The minimum atomic E-state index is -0.778. The van der Waals surface area contributed by atoms with E-state index in [0.29, 0.717) is 42.1 Å². The molecule has 1 saturated heterocycles. The van der Waals surface area contributed by atoms with Crippen molar-refractivity contribution >= 4 is 27.7 Å². The minimum absolute atomic E-state index is 0.158. The monoisotopic (exact) mass is 462 g/mol. The van der Waals surface area contributed by atoms with Crippen molar-refractivity contribution in [1.82, 2.24) is 9.80 Å². The molecule has 154 valence electrons.